The van der Waals surface area contributed by atoms with E-state index in [1.54, 1.807) is 10.9 Å². The van der Waals surface area contributed by atoms with E-state index in [2.05, 4.69) is 26.0 Å². The molecule has 6 rings (SSSR count). The van der Waals surface area contributed by atoms with Gasteiger partial charge in [0.2, 0.25) is 5.13 Å². The largest absolute Gasteiger partial charge is 0.489 e. The Bertz CT molecular complexity index is 1890. The lowest BCUT2D eigenvalue weighted by Gasteiger charge is -2.07. The molecule has 4 aromatic carbocycles. The van der Waals surface area contributed by atoms with Crippen molar-refractivity contribution in [2.75, 3.05) is 5.32 Å². The van der Waals surface area contributed by atoms with E-state index in [9.17, 15) is 9.59 Å². The minimum Gasteiger partial charge on any atom is -0.489 e. The number of nitrogens with one attached hydrogen (secondary N) is 2. The van der Waals surface area contributed by atoms with Crippen molar-refractivity contribution < 1.29 is 14.3 Å². The molecule has 0 saturated carbocycles. The molecule has 0 spiro atoms. The summed E-state index contributed by atoms with van der Waals surface area (Å²) < 4.78 is 7.65. The number of ether oxygens (including phenoxy) is 1. The number of carbonyl (C=O) groups excluding carboxylic acids is 2. The number of para-hydroxylation sites is 1. The van der Waals surface area contributed by atoms with Gasteiger partial charge in [-0.05, 0) is 42.0 Å². The number of benzene rings is 4. The molecule has 0 aliphatic carbocycles. The number of carbonyl (C=O) groups is 2. The van der Waals surface area contributed by atoms with Gasteiger partial charge in [0.05, 0.1) is 11.9 Å². The summed E-state index contributed by atoms with van der Waals surface area (Å²) in [7, 11) is 0. The van der Waals surface area contributed by atoms with Crippen LogP contribution in [0.15, 0.2) is 127 Å². The van der Waals surface area contributed by atoms with Crippen LogP contribution in [-0.2, 0) is 16.2 Å². The zero-order valence-corrected chi connectivity index (χ0v) is 24.0. The molecule has 2 amide bonds. The summed E-state index contributed by atoms with van der Waals surface area (Å²) in [4.78, 5) is 24.9. The standard InChI is InChI=1S/C33H25N7O3S/c41-30(35-33-38-37-32(44-33)25-12-6-2-7-13-25)31(42)36-34-20-26-21-40(27-14-8-3-9-15-27)39-29(26)24-16-18-28(19-17-24)43-22-23-10-4-1-5-11-23/h1-21H,22H2,(H,36,42)(H,35,38,41)/b34-20-. The van der Waals surface area contributed by atoms with Crippen LogP contribution in [0, 0.1) is 0 Å². The third-order valence-electron chi connectivity index (χ3n) is 6.38. The SMILES string of the molecule is O=C(N/N=C\c1cn(-c2ccccc2)nc1-c1ccc(OCc2ccccc2)cc1)C(=O)Nc1nnc(-c2ccccc2)s1. The Morgan fingerprint density at radius 2 is 1.48 bits per heavy atom. The molecule has 2 heterocycles. The summed E-state index contributed by atoms with van der Waals surface area (Å²) in [6.45, 7) is 0.460. The highest BCUT2D eigenvalue weighted by molar-refractivity contribution is 7.18. The van der Waals surface area contributed by atoms with Gasteiger partial charge in [0.25, 0.3) is 0 Å². The third kappa shape index (κ3) is 6.92. The van der Waals surface area contributed by atoms with Crippen molar-refractivity contribution >= 4 is 34.5 Å². The second-order valence-corrected chi connectivity index (χ2v) is 10.4. The number of hydrogen-bond donors (Lipinski definition) is 2. The third-order valence-corrected chi connectivity index (χ3v) is 7.27. The number of hydrazone groups is 1. The first kappa shape index (κ1) is 28.2. The van der Waals surface area contributed by atoms with Crippen LogP contribution < -0.4 is 15.5 Å². The average molecular weight is 600 g/mol. The molecule has 44 heavy (non-hydrogen) atoms. The molecule has 10 nitrogen and oxygen atoms in total. The number of hydrogen-bond acceptors (Lipinski definition) is 8. The highest BCUT2D eigenvalue weighted by atomic mass is 32.1. The minimum atomic E-state index is -0.949. The van der Waals surface area contributed by atoms with Gasteiger partial charge >= 0.3 is 11.8 Å². The molecule has 0 fully saturated rings. The summed E-state index contributed by atoms with van der Waals surface area (Å²) in [5, 5.41) is 20.1. The van der Waals surface area contributed by atoms with Gasteiger partial charge < -0.3 is 4.74 Å². The Labute approximate surface area is 256 Å². The second-order valence-electron chi connectivity index (χ2n) is 9.44. The molecule has 2 aromatic heterocycles. The van der Waals surface area contributed by atoms with E-state index < -0.39 is 11.8 Å². The summed E-state index contributed by atoms with van der Waals surface area (Å²) in [5.41, 5.74) is 7.15. The molecule has 0 saturated heterocycles. The van der Waals surface area contributed by atoms with Crippen LogP contribution >= 0.6 is 11.3 Å². The van der Waals surface area contributed by atoms with Crippen molar-refractivity contribution in [3.63, 3.8) is 0 Å². The number of rotatable bonds is 9. The van der Waals surface area contributed by atoms with E-state index in [1.165, 1.54) is 6.21 Å². The molecule has 0 aliphatic heterocycles. The maximum atomic E-state index is 12.5. The average Bonchev–Trinajstić information content (AvgIpc) is 3.73. The highest BCUT2D eigenvalue weighted by Gasteiger charge is 2.17. The zero-order chi connectivity index (χ0) is 30.1. The Morgan fingerprint density at radius 3 is 2.20 bits per heavy atom. The van der Waals surface area contributed by atoms with Crippen molar-refractivity contribution in [3.8, 4) is 33.3 Å². The predicted octanol–water partition coefficient (Wildman–Crippen LogP) is 5.73. The molecule has 0 aliphatic rings. The van der Waals surface area contributed by atoms with Crippen molar-refractivity contribution in [2.45, 2.75) is 6.61 Å². The Morgan fingerprint density at radius 1 is 0.795 bits per heavy atom. The molecule has 216 valence electrons. The fourth-order valence-electron chi connectivity index (χ4n) is 4.21. The van der Waals surface area contributed by atoms with Crippen LogP contribution in [-0.4, -0.2) is 38.0 Å². The van der Waals surface area contributed by atoms with Gasteiger partial charge in [-0.2, -0.15) is 10.2 Å². The molecular weight excluding hydrogens is 574 g/mol. The van der Waals surface area contributed by atoms with Crippen LogP contribution in [0.3, 0.4) is 0 Å². The second kappa shape index (κ2) is 13.4. The van der Waals surface area contributed by atoms with Gasteiger partial charge in [-0.15, -0.1) is 10.2 Å². The van der Waals surface area contributed by atoms with Gasteiger partial charge in [0.1, 0.15) is 23.1 Å². The van der Waals surface area contributed by atoms with Crippen molar-refractivity contribution in [3.05, 3.63) is 133 Å². The first-order valence-electron chi connectivity index (χ1n) is 13.6. The van der Waals surface area contributed by atoms with Crippen molar-refractivity contribution in [1.82, 2.24) is 25.4 Å². The van der Waals surface area contributed by atoms with Gasteiger partial charge in [0, 0.05) is 22.9 Å². The maximum Gasteiger partial charge on any atom is 0.329 e. The van der Waals surface area contributed by atoms with Crippen LogP contribution in [0.1, 0.15) is 11.1 Å². The summed E-state index contributed by atoms with van der Waals surface area (Å²) in [6, 6.07) is 36.6. The topological polar surface area (TPSA) is 123 Å². The normalized spacial score (nSPS) is 10.9. The van der Waals surface area contributed by atoms with Gasteiger partial charge in [-0.25, -0.2) is 10.1 Å². The Hall–Kier alpha value is -5.94. The van der Waals surface area contributed by atoms with E-state index in [0.29, 0.717) is 22.9 Å². The van der Waals surface area contributed by atoms with E-state index in [-0.39, 0.29) is 5.13 Å². The van der Waals surface area contributed by atoms with E-state index in [0.717, 1.165) is 39.5 Å². The molecule has 0 atom stereocenters. The van der Waals surface area contributed by atoms with Crippen molar-refractivity contribution in [2.24, 2.45) is 5.10 Å². The van der Waals surface area contributed by atoms with Gasteiger partial charge in [-0.3, -0.25) is 14.9 Å². The number of aromatic nitrogens is 4. The Balaban J connectivity index is 1.14. The lowest BCUT2D eigenvalue weighted by atomic mass is 10.1. The van der Waals surface area contributed by atoms with E-state index in [1.807, 2.05) is 115 Å². The minimum absolute atomic E-state index is 0.204. The van der Waals surface area contributed by atoms with Gasteiger partial charge in [-0.1, -0.05) is 90.2 Å². The lowest BCUT2D eigenvalue weighted by Crippen LogP contribution is -2.32. The fraction of sp³-hybridized carbons (Fsp3) is 0.0303. The molecule has 11 heteroatoms. The Kier molecular flexibility index (Phi) is 8.56. The molecular formula is C33H25N7O3S. The van der Waals surface area contributed by atoms with Gasteiger partial charge in [0.15, 0.2) is 0 Å². The molecule has 6 aromatic rings. The first-order chi connectivity index (χ1) is 21.6. The van der Waals surface area contributed by atoms with Crippen molar-refractivity contribution in [1.29, 1.82) is 0 Å². The quantitative estimate of drug-likeness (QED) is 0.124. The highest BCUT2D eigenvalue weighted by Crippen LogP contribution is 2.27. The van der Waals surface area contributed by atoms with E-state index in [4.69, 9.17) is 9.84 Å². The molecule has 0 bridgehead atoms. The summed E-state index contributed by atoms with van der Waals surface area (Å²) in [5.74, 6) is -1.14. The smallest absolute Gasteiger partial charge is 0.329 e. The zero-order valence-electron chi connectivity index (χ0n) is 23.2. The van der Waals surface area contributed by atoms with Crippen LogP contribution in [0.25, 0.3) is 27.5 Å². The molecule has 0 unspecified atom stereocenters. The number of anilines is 1. The summed E-state index contributed by atoms with van der Waals surface area (Å²) >= 11 is 1.16. The van der Waals surface area contributed by atoms with Crippen LogP contribution in [0.5, 0.6) is 5.75 Å². The maximum absolute atomic E-state index is 12.5. The number of amides is 2. The fourth-order valence-corrected chi connectivity index (χ4v) is 4.95. The first-order valence-corrected chi connectivity index (χ1v) is 14.4. The van der Waals surface area contributed by atoms with Crippen LogP contribution in [0.2, 0.25) is 0 Å². The van der Waals surface area contributed by atoms with E-state index >= 15 is 0 Å². The monoisotopic (exact) mass is 599 g/mol. The lowest BCUT2D eigenvalue weighted by molar-refractivity contribution is -0.136. The predicted molar refractivity (Wildman–Crippen MR) is 169 cm³/mol. The summed E-state index contributed by atoms with van der Waals surface area (Å²) in [6.07, 6.45) is 3.25. The molecule has 0 radical (unpaired) electrons. The van der Waals surface area contributed by atoms with Crippen LogP contribution in [0.4, 0.5) is 5.13 Å². The number of nitrogens with zero attached hydrogens (tertiary/aromatic N) is 5. The molecule has 2 N–H and O–H groups in total.